The molecule has 116 valence electrons. The van der Waals surface area contributed by atoms with Gasteiger partial charge in [-0.1, -0.05) is 12.1 Å². The second-order valence-electron chi connectivity index (χ2n) is 6.29. The average Bonchev–Trinajstić information content (AvgIpc) is 3.24. The van der Waals surface area contributed by atoms with Crippen molar-refractivity contribution in [3.63, 3.8) is 0 Å². The number of benzene rings is 1. The number of likely N-dealkylation sites (tertiary alicyclic amines) is 1. The molecule has 22 heavy (non-hydrogen) atoms. The number of rotatable bonds is 2. The first-order valence-electron chi connectivity index (χ1n) is 8.13. The largest absolute Gasteiger partial charge is 0.423 e. The Labute approximate surface area is 129 Å². The maximum absolute atomic E-state index is 11.9. The summed E-state index contributed by atoms with van der Waals surface area (Å²) < 4.78 is 5.95. The van der Waals surface area contributed by atoms with Gasteiger partial charge >= 0.3 is 0 Å². The SMILES string of the molecule is CC(=O)N1CCC[C@H]1[C@@H]1CCCN1c1nc2ccccc2o1. The molecular weight excluding hydrogens is 278 g/mol. The summed E-state index contributed by atoms with van der Waals surface area (Å²) in [5, 5.41) is 0. The van der Waals surface area contributed by atoms with Crippen LogP contribution in [0.3, 0.4) is 0 Å². The van der Waals surface area contributed by atoms with E-state index in [9.17, 15) is 4.79 Å². The molecule has 0 radical (unpaired) electrons. The number of para-hydroxylation sites is 2. The van der Waals surface area contributed by atoms with Gasteiger partial charge in [-0.2, -0.15) is 4.98 Å². The standard InChI is InChI=1S/C17H21N3O2/c1-12(21)19-10-4-7-14(19)15-8-5-11-20(15)17-18-13-6-2-3-9-16(13)22-17/h2-3,6,9,14-15H,4-5,7-8,10-11H2,1H3/t14-,15-/m0/s1. The van der Waals surface area contributed by atoms with Crippen LogP contribution < -0.4 is 4.90 Å². The molecule has 4 rings (SSSR count). The van der Waals surface area contributed by atoms with Crippen LogP contribution in [-0.2, 0) is 4.79 Å². The first-order chi connectivity index (χ1) is 10.7. The number of carbonyl (C=O) groups excluding carboxylic acids is 1. The third-order valence-corrected chi connectivity index (χ3v) is 4.98. The van der Waals surface area contributed by atoms with Gasteiger partial charge in [0, 0.05) is 20.0 Å². The smallest absolute Gasteiger partial charge is 0.298 e. The Bertz CT molecular complexity index is 663. The van der Waals surface area contributed by atoms with Gasteiger partial charge in [-0.05, 0) is 37.8 Å². The Morgan fingerprint density at radius 2 is 1.95 bits per heavy atom. The van der Waals surface area contributed by atoms with Crippen molar-refractivity contribution in [2.24, 2.45) is 0 Å². The summed E-state index contributed by atoms with van der Waals surface area (Å²) in [4.78, 5) is 20.8. The highest BCUT2D eigenvalue weighted by Gasteiger charge is 2.40. The summed E-state index contributed by atoms with van der Waals surface area (Å²) in [6, 6.07) is 9.21. The first-order valence-corrected chi connectivity index (χ1v) is 8.13. The lowest BCUT2D eigenvalue weighted by molar-refractivity contribution is -0.129. The highest BCUT2D eigenvalue weighted by Crippen LogP contribution is 2.34. The minimum Gasteiger partial charge on any atom is -0.423 e. The van der Waals surface area contributed by atoms with Crippen LogP contribution in [0.15, 0.2) is 28.7 Å². The Kier molecular flexibility index (Phi) is 3.28. The lowest BCUT2D eigenvalue weighted by Crippen LogP contribution is -2.47. The van der Waals surface area contributed by atoms with Crippen molar-refractivity contribution in [1.82, 2.24) is 9.88 Å². The van der Waals surface area contributed by atoms with Crippen molar-refractivity contribution in [3.8, 4) is 0 Å². The highest BCUT2D eigenvalue weighted by atomic mass is 16.4. The number of anilines is 1. The molecular formula is C17H21N3O2. The fourth-order valence-corrected chi connectivity index (χ4v) is 4.00. The molecule has 2 fully saturated rings. The fourth-order valence-electron chi connectivity index (χ4n) is 4.00. The van der Waals surface area contributed by atoms with Crippen LogP contribution in [0.4, 0.5) is 6.01 Å². The fraction of sp³-hybridized carbons (Fsp3) is 0.529. The Hall–Kier alpha value is -2.04. The van der Waals surface area contributed by atoms with Crippen molar-refractivity contribution in [2.45, 2.75) is 44.7 Å². The van der Waals surface area contributed by atoms with E-state index in [1.165, 1.54) is 0 Å². The van der Waals surface area contributed by atoms with E-state index >= 15 is 0 Å². The van der Waals surface area contributed by atoms with E-state index in [1.807, 2.05) is 29.2 Å². The van der Waals surface area contributed by atoms with E-state index < -0.39 is 0 Å². The molecule has 1 aromatic heterocycles. The quantitative estimate of drug-likeness (QED) is 0.855. The maximum Gasteiger partial charge on any atom is 0.298 e. The average molecular weight is 299 g/mol. The summed E-state index contributed by atoms with van der Waals surface area (Å²) in [6.45, 7) is 3.52. The van der Waals surface area contributed by atoms with Crippen molar-refractivity contribution in [3.05, 3.63) is 24.3 Å². The molecule has 1 aromatic carbocycles. The number of nitrogens with zero attached hydrogens (tertiary/aromatic N) is 3. The van der Waals surface area contributed by atoms with Gasteiger partial charge in [-0.25, -0.2) is 0 Å². The van der Waals surface area contributed by atoms with Gasteiger partial charge in [-0.3, -0.25) is 4.79 Å². The van der Waals surface area contributed by atoms with Gasteiger partial charge in [0.15, 0.2) is 5.58 Å². The summed E-state index contributed by atoms with van der Waals surface area (Å²) in [5.41, 5.74) is 1.73. The predicted molar refractivity (Wildman–Crippen MR) is 84.8 cm³/mol. The molecule has 0 aliphatic carbocycles. The van der Waals surface area contributed by atoms with Crippen molar-refractivity contribution >= 4 is 23.0 Å². The van der Waals surface area contributed by atoms with Crippen LogP contribution in [0, 0.1) is 0 Å². The topological polar surface area (TPSA) is 49.6 Å². The van der Waals surface area contributed by atoms with Gasteiger partial charge in [0.25, 0.3) is 6.01 Å². The van der Waals surface area contributed by atoms with Crippen LogP contribution >= 0.6 is 0 Å². The lowest BCUT2D eigenvalue weighted by atomic mass is 10.0. The Morgan fingerprint density at radius 1 is 1.18 bits per heavy atom. The molecule has 1 amide bonds. The molecule has 0 unspecified atom stereocenters. The van der Waals surface area contributed by atoms with Crippen LogP contribution in [0.5, 0.6) is 0 Å². The molecule has 2 atom stereocenters. The van der Waals surface area contributed by atoms with Gasteiger partial charge in [0.05, 0.1) is 12.1 Å². The van der Waals surface area contributed by atoms with Gasteiger partial charge < -0.3 is 14.2 Å². The molecule has 2 aliphatic heterocycles. The zero-order chi connectivity index (χ0) is 15.1. The zero-order valence-corrected chi connectivity index (χ0v) is 12.9. The minimum atomic E-state index is 0.187. The molecule has 2 saturated heterocycles. The van der Waals surface area contributed by atoms with E-state index in [0.717, 1.165) is 49.9 Å². The number of aromatic nitrogens is 1. The third-order valence-electron chi connectivity index (χ3n) is 4.98. The summed E-state index contributed by atoms with van der Waals surface area (Å²) in [6.07, 6.45) is 4.42. The van der Waals surface area contributed by atoms with Crippen molar-refractivity contribution in [1.29, 1.82) is 0 Å². The Morgan fingerprint density at radius 3 is 2.77 bits per heavy atom. The molecule has 0 saturated carbocycles. The molecule has 2 aliphatic rings. The highest BCUT2D eigenvalue weighted by molar-refractivity contribution is 5.75. The number of fused-ring (bicyclic) bond motifs is 1. The van der Waals surface area contributed by atoms with Crippen LogP contribution in [0.1, 0.15) is 32.6 Å². The number of hydrogen-bond acceptors (Lipinski definition) is 4. The van der Waals surface area contributed by atoms with Crippen LogP contribution in [-0.4, -0.2) is 41.0 Å². The van der Waals surface area contributed by atoms with Gasteiger partial charge in [0.1, 0.15) is 5.52 Å². The normalized spacial score (nSPS) is 25.3. The first kappa shape index (κ1) is 13.6. The van der Waals surface area contributed by atoms with E-state index in [0.29, 0.717) is 18.1 Å². The van der Waals surface area contributed by atoms with E-state index in [-0.39, 0.29) is 5.91 Å². The predicted octanol–water partition coefficient (Wildman–Crippen LogP) is 2.81. The molecule has 0 spiro atoms. The summed E-state index contributed by atoms with van der Waals surface area (Å²) in [5.74, 6) is 0.187. The number of carbonyl (C=O) groups is 1. The lowest BCUT2D eigenvalue weighted by Gasteiger charge is -2.33. The number of hydrogen-bond donors (Lipinski definition) is 0. The van der Waals surface area contributed by atoms with E-state index in [1.54, 1.807) is 6.92 Å². The molecule has 5 nitrogen and oxygen atoms in total. The van der Waals surface area contributed by atoms with Crippen LogP contribution in [0.25, 0.3) is 11.1 Å². The monoisotopic (exact) mass is 299 g/mol. The van der Waals surface area contributed by atoms with Crippen molar-refractivity contribution in [2.75, 3.05) is 18.0 Å². The Balaban J connectivity index is 1.64. The molecule has 0 N–H and O–H groups in total. The molecule has 0 bridgehead atoms. The van der Waals surface area contributed by atoms with Crippen molar-refractivity contribution < 1.29 is 9.21 Å². The molecule has 2 aromatic rings. The van der Waals surface area contributed by atoms with Gasteiger partial charge in [-0.15, -0.1) is 0 Å². The summed E-state index contributed by atoms with van der Waals surface area (Å²) >= 11 is 0. The van der Waals surface area contributed by atoms with E-state index in [4.69, 9.17) is 4.42 Å². The van der Waals surface area contributed by atoms with Crippen LogP contribution in [0.2, 0.25) is 0 Å². The third kappa shape index (κ3) is 2.16. The summed E-state index contributed by atoms with van der Waals surface area (Å²) in [7, 11) is 0. The maximum atomic E-state index is 11.9. The zero-order valence-electron chi connectivity index (χ0n) is 12.9. The van der Waals surface area contributed by atoms with Gasteiger partial charge in [0.2, 0.25) is 5.91 Å². The molecule has 5 heteroatoms. The number of amides is 1. The van der Waals surface area contributed by atoms with E-state index in [2.05, 4.69) is 9.88 Å². The minimum absolute atomic E-state index is 0.187. The molecule has 3 heterocycles. The number of oxazole rings is 1. The second kappa shape index (κ2) is 5.30. The second-order valence-corrected chi connectivity index (χ2v) is 6.29.